The van der Waals surface area contributed by atoms with E-state index >= 15 is 0 Å². The summed E-state index contributed by atoms with van der Waals surface area (Å²) in [5.41, 5.74) is -0.739. The van der Waals surface area contributed by atoms with Crippen molar-refractivity contribution in [2.24, 2.45) is 23.7 Å². The van der Waals surface area contributed by atoms with Gasteiger partial charge in [0.2, 0.25) is 17.7 Å². The molecule has 0 fully saturated rings. The number of rotatable bonds is 16. The minimum Gasteiger partial charge on any atom is -0.467 e. The Bertz CT molecular complexity index is 865. The normalized spacial score (nSPS) is 14.7. The number of alkyl carbamates (subject to hydrolysis) is 1. The molecule has 0 aliphatic carbocycles. The van der Waals surface area contributed by atoms with Crippen molar-refractivity contribution in [3.05, 3.63) is 0 Å². The molecule has 0 radical (unpaired) electrons. The lowest BCUT2D eigenvalue weighted by atomic mass is 9.98. The van der Waals surface area contributed by atoms with Crippen LogP contribution in [0.3, 0.4) is 0 Å². The van der Waals surface area contributed by atoms with E-state index in [2.05, 4.69) is 21.3 Å². The third-order valence-electron chi connectivity index (χ3n) is 5.90. The first kappa shape index (κ1) is 38.1. The summed E-state index contributed by atoms with van der Waals surface area (Å²) in [5, 5.41) is 10.9. The molecule has 0 rings (SSSR count). The number of amides is 4. The van der Waals surface area contributed by atoms with Crippen molar-refractivity contribution >= 4 is 29.8 Å². The lowest BCUT2D eigenvalue weighted by Crippen LogP contribution is -2.58. The van der Waals surface area contributed by atoms with Gasteiger partial charge in [-0.15, -0.1) is 0 Å². The van der Waals surface area contributed by atoms with E-state index in [1.165, 1.54) is 7.11 Å². The van der Waals surface area contributed by atoms with Gasteiger partial charge in [0, 0.05) is 0 Å². The molecule has 0 heterocycles. The van der Waals surface area contributed by atoms with Crippen LogP contribution in [-0.2, 0) is 28.7 Å². The molecule has 11 nitrogen and oxygen atoms in total. The molecule has 0 saturated heterocycles. The SMILES string of the molecule is COC(=O)[C@H](CC(C)C)NC(=O)[C@H](CC(C)C)NC(=O)[C@H](CC(C)C)NC(=O)[C@@H](CC(C)C)NC(=O)OC(C)(C)C. The van der Waals surface area contributed by atoms with Gasteiger partial charge in [0.25, 0.3) is 0 Å². The van der Waals surface area contributed by atoms with Gasteiger partial charge in [-0.25, -0.2) is 9.59 Å². The van der Waals surface area contributed by atoms with E-state index in [0.717, 1.165) is 0 Å². The minimum absolute atomic E-state index is 0.0422. The van der Waals surface area contributed by atoms with Gasteiger partial charge in [0.15, 0.2) is 0 Å². The summed E-state index contributed by atoms with van der Waals surface area (Å²) >= 11 is 0. The van der Waals surface area contributed by atoms with Crippen LogP contribution in [0, 0.1) is 23.7 Å². The van der Waals surface area contributed by atoms with E-state index in [9.17, 15) is 24.0 Å². The van der Waals surface area contributed by atoms with Crippen LogP contribution in [-0.4, -0.2) is 66.7 Å². The Labute approximate surface area is 247 Å². The lowest BCUT2D eigenvalue weighted by Gasteiger charge is -2.28. The fraction of sp³-hybridized carbons (Fsp3) is 0.833. The van der Waals surface area contributed by atoms with Crippen molar-refractivity contribution in [2.45, 2.75) is 132 Å². The van der Waals surface area contributed by atoms with Crippen LogP contribution in [0.15, 0.2) is 0 Å². The first-order chi connectivity index (χ1) is 18.7. The smallest absolute Gasteiger partial charge is 0.408 e. The van der Waals surface area contributed by atoms with Crippen molar-refractivity contribution in [1.29, 1.82) is 0 Å². The predicted octanol–water partition coefficient (Wildman–Crippen LogP) is 3.69. The Hall–Kier alpha value is -2.85. The van der Waals surface area contributed by atoms with Crippen LogP contribution in [0.25, 0.3) is 0 Å². The van der Waals surface area contributed by atoms with E-state index < -0.39 is 59.6 Å². The highest BCUT2D eigenvalue weighted by Gasteiger charge is 2.33. The van der Waals surface area contributed by atoms with Crippen molar-refractivity contribution in [1.82, 2.24) is 21.3 Å². The lowest BCUT2D eigenvalue weighted by molar-refractivity contribution is -0.146. The molecule has 11 heteroatoms. The number of nitrogens with one attached hydrogen (secondary N) is 4. The third-order valence-corrected chi connectivity index (χ3v) is 5.90. The molecular formula is C30H56N4O7. The summed E-state index contributed by atoms with van der Waals surface area (Å²) in [7, 11) is 1.26. The van der Waals surface area contributed by atoms with Crippen molar-refractivity contribution in [2.75, 3.05) is 7.11 Å². The molecule has 0 bridgehead atoms. The van der Waals surface area contributed by atoms with Gasteiger partial charge in [-0.2, -0.15) is 0 Å². The fourth-order valence-corrected chi connectivity index (χ4v) is 4.20. The Morgan fingerprint density at radius 2 is 0.829 bits per heavy atom. The van der Waals surface area contributed by atoms with E-state index in [1.54, 1.807) is 20.8 Å². The zero-order valence-corrected chi connectivity index (χ0v) is 27.3. The van der Waals surface area contributed by atoms with E-state index in [1.807, 2.05) is 55.4 Å². The van der Waals surface area contributed by atoms with Gasteiger partial charge < -0.3 is 30.7 Å². The summed E-state index contributed by atoms with van der Waals surface area (Å²) in [5.74, 6) is -1.80. The maximum Gasteiger partial charge on any atom is 0.408 e. The van der Waals surface area contributed by atoms with Gasteiger partial charge in [0.05, 0.1) is 7.11 Å². The molecule has 4 N–H and O–H groups in total. The second kappa shape index (κ2) is 17.9. The Kier molecular flexibility index (Phi) is 16.6. The number of methoxy groups -OCH3 is 1. The molecule has 238 valence electrons. The molecule has 0 aliphatic rings. The summed E-state index contributed by atoms with van der Waals surface area (Å²) in [6.07, 6.45) is 0.635. The number of ether oxygens (including phenoxy) is 2. The van der Waals surface area contributed by atoms with Gasteiger partial charge in [-0.1, -0.05) is 55.4 Å². The summed E-state index contributed by atoms with van der Waals surface area (Å²) in [4.78, 5) is 64.8. The first-order valence-electron chi connectivity index (χ1n) is 14.7. The molecule has 41 heavy (non-hydrogen) atoms. The average molecular weight is 585 g/mol. The molecule has 0 spiro atoms. The number of hydrogen-bond donors (Lipinski definition) is 4. The maximum atomic E-state index is 13.5. The first-order valence-corrected chi connectivity index (χ1v) is 14.7. The number of hydrogen-bond acceptors (Lipinski definition) is 7. The highest BCUT2D eigenvalue weighted by molar-refractivity contribution is 5.94. The molecule has 0 aromatic carbocycles. The zero-order valence-electron chi connectivity index (χ0n) is 27.3. The third kappa shape index (κ3) is 16.9. The van der Waals surface area contributed by atoms with Crippen LogP contribution >= 0.6 is 0 Å². The molecule has 0 unspecified atom stereocenters. The van der Waals surface area contributed by atoms with Crippen LogP contribution in [0.1, 0.15) is 102 Å². The minimum atomic E-state index is -0.952. The Balaban J connectivity index is 5.89. The second-order valence-electron chi connectivity index (χ2n) is 13.4. The van der Waals surface area contributed by atoms with E-state index in [4.69, 9.17) is 9.47 Å². The molecule has 4 atom stereocenters. The van der Waals surface area contributed by atoms with Crippen LogP contribution in [0.2, 0.25) is 0 Å². The van der Waals surface area contributed by atoms with E-state index in [0.29, 0.717) is 25.7 Å². The number of esters is 1. The molecule has 4 amide bonds. The van der Waals surface area contributed by atoms with Crippen molar-refractivity contribution in [3.63, 3.8) is 0 Å². The van der Waals surface area contributed by atoms with Gasteiger partial charge in [-0.05, 0) is 70.1 Å². The molecule has 0 saturated carbocycles. The quantitative estimate of drug-likeness (QED) is 0.202. The van der Waals surface area contributed by atoms with Crippen molar-refractivity contribution in [3.8, 4) is 0 Å². The molecule has 0 aromatic rings. The average Bonchev–Trinajstić information content (AvgIpc) is 2.79. The van der Waals surface area contributed by atoms with Crippen molar-refractivity contribution < 1.29 is 33.4 Å². The van der Waals surface area contributed by atoms with Gasteiger partial charge in [0.1, 0.15) is 29.8 Å². The molecule has 0 aliphatic heterocycles. The number of carbonyl (C=O) groups is 5. The van der Waals surface area contributed by atoms with E-state index in [-0.39, 0.29) is 23.7 Å². The van der Waals surface area contributed by atoms with Crippen LogP contribution in [0.4, 0.5) is 4.79 Å². The highest BCUT2D eigenvalue weighted by Crippen LogP contribution is 2.13. The maximum absolute atomic E-state index is 13.5. The summed E-state index contributed by atoms with van der Waals surface area (Å²) in [6.45, 7) is 20.6. The largest absolute Gasteiger partial charge is 0.467 e. The highest BCUT2D eigenvalue weighted by atomic mass is 16.6. The predicted molar refractivity (Wildman–Crippen MR) is 159 cm³/mol. The molecular weight excluding hydrogens is 528 g/mol. The van der Waals surface area contributed by atoms with Gasteiger partial charge >= 0.3 is 12.1 Å². The monoisotopic (exact) mass is 584 g/mol. The standard InChI is InChI=1S/C30H56N4O7/c1-17(2)13-21(32-27(37)23(15-19(5)6)34-29(39)41-30(9,10)11)25(35)31-22(14-18(3)4)26(36)33-24(16-20(7)8)28(38)40-12/h17-24H,13-16H2,1-12H3,(H,31,35)(H,32,37)(H,33,36)(H,34,39)/t21-,22-,23+,24-/m0/s1. The van der Waals surface area contributed by atoms with Gasteiger partial charge in [-0.3, -0.25) is 14.4 Å². The van der Waals surface area contributed by atoms with Crippen LogP contribution < -0.4 is 21.3 Å². The summed E-state index contributed by atoms with van der Waals surface area (Å²) < 4.78 is 10.2. The second-order valence-corrected chi connectivity index (χ2v) is 13.4. The molecule has 0 aromatic heterocycles. The topological polar surface area (TPSA) is 152 Å². The summed E-state index contributed by atoms with van der Waals surface area (Å²) in [6, 6.07) is -3.65. The zero-order chi connectivity index (χ0) is 32.1. The van der Waals surface area contributed by atoms with Crippen LogP contribution in [0.5, 0.6) is 0 Å². The Morgan fingerprint density at radius 3 is 1.12 bits per heavy atom. The fourth-order valence-electron chi connectivity index (χ4n) is 4.20. The Morgan fingerprint density at radius 1 is 0.537 bits per heavy atom. The number of carbonyl (C=O) groups excluding carboxylic acids is 5.